The Morgan fingerprint density at radius 1 is 0.233 bits per heavy atom. The molecule has 0 aromatic heterocycles. The van der Waals surface area contributed by atoms with Gasteiger partial charge in [0.2, 0.25) is 0 Å². The molecule has 1 aliphatic carbocycles. The molecule has 0 aliphatic heterocycles. The first-order valence-electron chi connectivity index (χ1n) is 8.24. The smallest absolute Gasteiger partial charge is 0.387 e. The summed E-state index contributed by atoms with van der Waals surface area (Å²) in [6.45, 7) is 0. The molecule has 1 saturated carbocycles. The third-order valence-electron chi connectivity index (χ3n) is 2.10. The molecule has 0 unspecified atom stereocenters. The molecule has 1 aliphatic rings. The van der Waals surface area contributed by atoms with Crippen molar-refractivity contribution in [3.63, 3.8) is 0 Å². The van der Waals surface area contributed by atoms with Crippen LogP contribution in [0.15, 0.2) is 0 Å². The summed E-state index contributed by atoms with van der Waals surface area (Å²) in [5, 5.41) is 53.8. The van der Waals surface area contributed by atoms with Gasteiger partial charge < -0.3 is 119 Å². The van der Waals surface area contributed by atoms with Crippen LogP contribution in [0.25, 0.3) is 0 Å². The first-order chi connectivity index (χ1) is 17.5. The summed E-state index contributed by atoms with van der Waals surface area (Å²) >= 11 is 0. The predicted molar refractivity (Wildman–Crippen MR) is 127 cm³/mol. The number of hydrogen-bond acceptors (Lipinski definition) is 12. The quantitative estimate of drug-likeness (QED) is 0.0800. The summed E-state index contributed by atoms with van der Waals surface area (Å²) in [7, 11) is -27.8. The molecule has 24 N–H and O–H groups in total. The van der Waals surface area contributed by atoms with Gasteiger partial charge in [-0.3, -0.25) is 0 Å². The minimum Gasteiger partial charge on any atom is -0.387 e. The second-order valence-corrected chi connectivity index (χ2v) is 12.2. The van der Waals surface area contributed by atoms with Crippen molar-refractivity contribution >= 4 is 76.5 Å². The molecule has 265 valence electrons. The van der Waals surface area contributed by atoms with Gasteiger partial charge in [0.15, 0.2) is 0 Å². The van der Waals surface area contributed by atoms with Gasteiger partial charge >= 0.3 is 46.9 Å². The number of aliphatic hydroxyl groups is 6. The first-order valence-corrected chi connectivity index (χ1v) is 17.6. The maximum absolute atomic E-state index is 8.97. The number of hydrogen-bond donors (Lipinski definition) is 24. The minimum atomic E-state index is -4.64. The molecule has 43 heavy (non-hydrogen) atoms. The van der Waals surface area contributed by atoms with Crippen LogP contribution >= 0.6 is 46.9 Å². The fraction of sp³-hybridized carbons (Fsp3) is 1.00. The number of rotatable bonds is 0. The molecule has 1 radical (unpaired) electrons. The largest absolute Gasteiger partial charge is 0.466 e. The second kappa shape index (κ2) is 25.4. The van der Waals surface area contributed by atoms with E-state index in [1.807, 2.05) is 0 Å². The molecule has 1 rings (SSSR count). The summed E-state index contributed by atoms with van der Waals surface area (Å²) in [5.74, 6) is 0. The Hall–Kier alpha value is 1.42. The van der Waals surface area contributed by atoms with Gasteiger partial charge in [-0.15, -0.1) is 0 Å². The van der Waals surface area contributed by atoms with Crippen LogP contribution in [0.5, 0.6) is 0 Å². The summed E-state index contributed by atoms with van der Waals surface area (Å²) in [4.78, 5) is 129. The van der Waals surface area contributed by atoms with Gasteiger partial charge in [-0.2, -0.15) is 0 Å². The van der Waals surface area contributed by atoms with Crippen LogP contribution in [0.1, 0.15) is 0 Å². The van der Waals surface area contributed by atoms with Gasteiger partial charge in [0.05, 0.1) is 0 Å². The first kappa shape index (κ1) is 59.8. The maximum Gasteiger partial charge on any atom is 0.466 e. The summed E-state index contributed by atoms with van der Waals surface area (Å²) in [6, 6.07) is 0. The molecule has 0 saturated heterocycles. The third kappa shape index (κ3) is 115. The van der Waals surface area contributed by atoms with Gasteiger partial charge in [-0.25, -0.2) is 27.4 Å². The van der Waals surface area contributed by atoms with E-state index in [1.54, 1.807) is 0 Å². The van der Waals surface area contributed by atoms with Gasteiger partial charge in [0.25, 0.3) is 0 Å². The summed E-state index contributed by atoms with van der Waals surface area (Å²) in [5.41, 5.74) is 0. The Bertz CT molecular complexity index is 700. The third-order valence-corrected chi connectivity index (χ3v) is 2.10. The zero-order valence-corrected chi connectivity index (χ0v) is 27.7. The van der Waals surface area contributed by atoms with Crippen LogP contribution in [-0.2, 0) is 27.4 Å². The van der Waals surface area contributed by atoms with Crippen LogP contribution in [-0.4, -0.2) is 185 Å². The molecule has 0 spiro atoms. The molecule has 1 fully saturated rings. The molecule has 30 nitrogen and oxygen atoms in total. The van der Waals surface area contributed by atoms with Gasteiger partial charge in [0.1, 0.15) is 36.6 Å². The fourth-order valence-electron chi connectivity index (χ4n) is 1.21. The normalized spacial score (nSPS) is 23.7. The van der Waals surface area contributed by atoms with E-state index in [2.05, 4.69) is 0 Å². The molecule has 0 heterocycles. The molecular weight excluding hydrogens is 761 g/mol. The van der Waals surface area contributed by atoms with Gasteiger partial charge in [-0.1, -0.05) is 0 Å². The SMILES string of the molecule is O=P(O)(O)O.O=P(O)(O)O.O=P(O)(O)O.O=P(O)(O)O.O=P(O)(O)O.O=P(O)(O)O.OC1C(O)C(O)C(O)C(O)C1O.[Na]. The summed E-state index contributed by atoms with van der Waals surface area (Å²) < 4.78 is 53.3. The molecule has 37 heteroatoms. The number of aliphatic hydroxyl groups excluding tert-OH is 6. The van der Waals surface area contributed by atoms with Crippen LogP contribution in [0, 0.1) is 0 Å². The molecular formula is C6H30NaO30P6. The van der Waals surface area contributed by atoms with E-state index in [-0.39, 0.29) is 29.6 Å². The van der Waals surface area contributed by atoms with E-state index in [0.29, 0.717) is 0 Å². The Morgan fingerprint density at radius 3 is 0.279 bits per heavy atom. The average molecular weight is 791 g/mol. The Balaban J connectivity index is -0.0000000733. The fourth-order valence-corrected chi connectivity index (χ4v) is 1.21. The molecule has 0 bridgehead atoms. The van der Waals surface area contributed by atoms with E-state index < -0.39 is 83.6 Å². The predicted octanol–water partition coefficient (Wildman–Crippen LogP) is -9.79. The van der Waals surface area contributed by atoms with Crippen molar-refractivity contribution in [2.45, 2.75) is 36.6 Å². The maximum atomic E-state index is 8.97. The molecule has 0 amide bonds. The van der Waals surface area contributed by atoms with E-state index in [0.717, 1.165) is 0 Å². The van der Waals surface area contributed by atoms with Crippen LogP contribution in [0.4, 0.5) is 0 Å². The topological polar surface area (TPSA) is 588 Å². The second-order valence-electron chi connectivity index (χ2n) is 6.02. The monoisotopic (exact) mass is 791 g/mol. The van der Waals surface area contributed by atoms with Crippen molar-refractivity contribution in [1.29, 1.82) is 0 Å². The molecule has 0 aromatic rings. The molecule has 0 atom stereocenters. The van der Waals surface area contributed by atoms with Crippen molar-refractivity contribution < 1.29 is 146 Å². The van der Waals surface area contributed by atoms with Gasteiger partial charge in [0, 0.05) is 29.6 Å². The van der Waals surface area contributed by atoms with Crippen LogP contribution in [0.2, 0.25) is 0 Å². The zero-order chi connectivity index (χ0) is 36.5. The summed E-state index contributed by atoms with van der Waals surface area (Å²) in [6.07, 6.45) is -9.84. The van der Waals surface area contributed by atoms with Crippen LogP contribution in [0.3, 0.4) is 0 Å². The zero-order valence-electron chi connectivity index (χ0n) is 20.3. The minimum absolute atomic E-state index is 0. The van der Waals surface area contributed by atoms with Crippen molar-refractivity contribution in [2.75, 3.05) is 0 Å². The number of phosphoric acid groups is 6. The Kier molecular flexibility index (Phi) is 35.4. The van der Waals surface area contributed by atoms with E-state index in [1.165, 1.54) is 0 Å². The van der Waals surface area contributed by atoms with Gasteiger partial charge in [-0.05, 0) is 0 Å². The van der Waals surface area contributed by atoms with Crippen LogP contribution < -0.4 is 0 Å². The van der Waals surface area contributed by atoms with Crippen molar-refractivity contribution in [3.05, 3.63) is 0 Å². The Labute approximate surface area is 258 Å². The van der Waals surface area contributed by atoms with Crippen molar-refractivity contribution in [2.24, 2.45) is 0 Å². The van der Waals surface area contributed by atoms with Crippen molar-refractivity contribution in [3.8, 4) is 0 Å². The van der Waals surface area contributed by atoms with E-state index in [4.69, 9.17) is 146 Å². The van der Waals surface area contributed by atoms with Crippen molar-refractivity contribution in [1.82, 2.24) is 0 Å². The Morgan fingerprint density at radius 2 is 0.256 bits per heavy atom. The average Bonchev–Trinajstić information content (AvgIpc) is 2.55. The standard InChI is InChI=1S/C6H12O6.Na.6H3O4P/c7-1-2(8)4(10)6(12)5(11)3(1)9;;6*1-5(2,3)4/h1-12H;;6*(H3,1,2,3,4). The van der Waals surface area contributed by atoms with E-state index >= 15 is 0 Å². The van der Waals surface area contributed by atoms with E-state index in [9.17, 15) is 0 Å². The molecule has 0 aromatic carbocycles.